The van der Waals surface area contributed by atoms with Gasteiger partial charge in [0.25, 0.3) is 0 Å². The maximum atomic E-state index is 12.0. The van der Waals surface area contributed by atoms with Gasteiger partial charge in [-0.15, -0.1) is 0 Å². The summed E-state index contributed by atoms with van der Waals surface area (Å²) in [5, 5.41) is 3.11. The van der Waals surface area contributed by atoms with Crippen LogP contribution in [-0.2, 0) is 0 Å². The molecular weight excluding hydrogens is 202 g/mol. The zero-order chi connectivity index (χ0) is 11.5. The maximum Gasteiger partial charge on any atom is 0.168 e. The highest BCUT2D eigenvalue weighted by atomic mass is 16.5. The molecule has 0 saturated carbocycles. The average molecular weight is 219 g/mol. The molecule has 1 aromatic rings. The van der Waals surface area contributed by atoms with Crippen LogP contribution in [0.4, 0.5) is 0 Å². The van der Waals surface area contributed by atoms with Crippen molar-refractivity contribution in [3.63, 3.8) is 0 Å². The molecule has 0 aliphatic carbocycles. The van der Waals surface area contributed by atoms with Crippen LogP contribution in [0, 0.1) is 5.92 Å². The SMILES string of the molecule is CC(C)Oc1cccc(C(=O)C2CNC2)c1. The van der Waals surface area contributed by atoms with Crippen LogP contribution in [0.3, 0.4) is 0 Å². The standard InChI is InChI=1S/C13H17NO2/c1-9(2)16-12-5-3-4-10(6-12)13(15)11-7-14-8-11/h3-6,9,11,14H,7-8H2,1-2H3. The predicted octanol–water partition coefficient (Wildman–Crippen LogP) is 1.88. The fourth-order valence-electron chi connectivity index (χ4n) is 1.70. The van der Waals surface area contributed by atoms with Crippen LogP contribution in [0.2, 0.25) is 0 Å². The number of ether oxygens (including phenoxy) is 1. The first-order chi connectivity index (χ1) is 7.66. The van der Waals surface area contributed by atoms with Crippen molar-refractivity contribution >= 4 is 5.78 Å². The Kier molecular flexibility index (Phi) is 3.25. The molecule has 0 aromatic heterocycles. The molecule has 1 aliphatic heterocycles. The molecule has 2 rings (SSSR count). The van der Waals surface area contributed by atoms with Gasteiger partial charge in [-0.3, -0.25) is 4.79 Å². The molecule has 1 N–H and O–H groups in total. The van der Waals surface area contributed by atoms with Crippen LogP contribution in [0.15, 0.2) is 24.3 Å². The van der Waals surface area contributed by atoms with E-state index in [0.29, 0.717) is 0 Å². The summed E-state index contributed by atoms with van der Waals surface area (Å²) in [6.45, 7) is 5.55. The van der Waals surface area contributed by atoms with Crippen molar-refractivity contribution in [3.8, 4) is 5.75 Å². The van der Waals surface area contributed by atoms with Crippen molar-refractivity contribution < 1.29 is 9.53 Å². The van der Waals surface area contributed by atoms with E-state index in [1.807, 2.05) is 38.1 Å². The van der Waals surface area contributed by atoms with Crippen molar-refractivity contribution in [3.05, 3.63) is 29.8 Å². The lowest BCUT2D eigenvalue weighted by molar-refractivity contribution is 0.0877. The lowest BCUT2D eigenvalue weighted by atomic mass is 9.93. The Morgan fingerprint density at radius 3 is 2.75 bits per heavy atom. The molecule has 0 atom stereocenters. The highest BCUT2D eigenvalue weighted by molar-refractivity contribution is 5.99. The van der Waals surface area contributed by atoms with Crippen molar-refractivity contribution in [1.29, 1.82) is 0 Å². The molecule has 1 fully saturated rings. The van der Waals surface area contributed by atoms with Crippen molar-refractivity contribution in [2.24, 2.45) is 5.92 Å². The van der Waals surface area contributed by atoms with Crippen LogP contribution < -0.4 is 10.1 Å². The average Bonchev–Trinajstić information content (AvgIpc) is 2.14. The highest BCUT2D eigenvalue weighted by Crippen LogP contribution is 2.19. The summed E-state index contributed by atoms with van der Waals surface area (Å²) in [6.07, 6.45) is 0.135. The number of benzene rings is 1. The molecule has 1 aromatic carbocycles. The summed E-state index contributed by atoms with van der Waals surface area (Å²) in [4.78, 5) is 12.0. The van der Waals surface area contributed by atoms with Crippen LogP contribution in [0.1, 0.15) is 24.2 Å². The molecule has 16 heavy (non-hydrogen) atoms. The molecule has 0 spiro atoms. The third-order valence-electron chi connectivity index (χ3n) is 2.64. The van der Waals surface area contributed by atoms with E-state index in [4.69, 9.17) is 4.74 Å². The molecule has 86 valence electrons. The van der Waals surface area contributed by atoms with Gasteiger partial charge >= 0.3 is 0 Å². The Hall–Kier alpha value is -1.35. The van der Waals surface area contributed by atoms with E-state index in [-0.39, 0.29) is 17.8 Å². The molecular formula is C13H17NO2. The largest absolute Gasteiger partial charge is 0.491 e. The molecule has 0 unspecified atom stereocenters. The minimum absolute atomic E-state index is 0.135. The van der Waals surface area contributed by atoms with E-state index in [1.165, 1.54) is 0 Å². The summed E-state index contributed by atoms with van der Waals surface area (Å²) in [5.41, 5.74) is 0.754. The molecule has 1 saturated heterocycles. The maximum absolute atomic E-state index is 12.0. The lowest BCUT2D eigenvalue weighted by Gasteiger charge is -2.25. The van der Waals surface area contributed by atoms with E-state index in [2.05, 4.69) is 5.32 Å². The van der Waals surface area contributed by atoms with Gasteiger partial charge in [0.1, 0.15) is 5.75 Å². The number of nitrogens with one attached hydrogen (secondary N) is 1. The minimum atomic E-state index is 0.135. The van der Waals surface area contributed by atoms with Gasteiger partial charge < -0.3 is 10.1 Å². The molecule has 3 nitrogen and oxygen atoms in total. The van der Waals surface area contributed by atoms with Gasteiger partial charge in [0.05, 0.1) is 6.10 Å². The number of rotatable bonds is 4. The van der Waals surface area contributed by atoms with Gasteiger partial charge in [0.2, 0.25) is 0 Å². The molecule has 0 radical (unpaired) electrons. The van der Waals surface area contributed by atoms with E-state index >= 15 is 0 Å². The molecule has 0 bridgehead atoms. The first-order valence-corrected chi connectivity index (χ1v) is 5.68. The Balaban J connectivity index is 2.11. The summed E-state index contributed by atoms with van der Waals surface area (Å²) in [5.74, 6) is 1.13. The van der Waals surface area contributed by atoms with Crippen molar-refractivity contribution in [2.75, 3.05) is 13.1 Å². The van der Waals surface area contributed by atoms with Gasteiger partial charge in [-0.2, -0.15) is 0 Å². The first-order valence-electron chi connectivity index (χ1n) is 5.68. The number of Topliss-reactive ketones (excluding diaryl/α,β-unsaturated/α-hetero) is 1. The topological polar surface area (TPSA) is 38.3 Å². The van der Waals surface area contributed by atoms with Gasteiger partial charge in [-0.25, -0.2) is 0 Å². The van der Waals surface area contributed by atoms with Gasteiger partial charge in [-0.05, 0) is 26.0 Å². The number of carbonyl (C=O) groups is 1. The monoisotopic (exact) mass is 219 g/mol. The summed E-state index contributed by atoms with van der Waals surface area (Å²) < 4.78 is 5.57. The first kappa shape index (κ1) is 11.1. The fraction of sp³-hybridized carbons (Fsp3) is 0.462. The van der Waals surface area contributed by atoms with Gasteiger partial charge in [0.15, 0.2) is 5.78 Å². The predicted molar refractivity (Wildman–Crippen MR) is 62.9 cm³/mol. The van der Waals surface area contributed by atoms with Crippen molar-refractivity contribution in [1.82, 2.24) is 5.32 Å². The van der Waals surface area contributed by atoms with Crippen molar-refractivity contribution in [2.45, 2.75) is 20.0 Å². The molecule has 1 heterocycles. The molecule has 1 aliphatic rings. The van der Waals surface area contributed by atoms with Crippen LogP contribution in [0.25, 0.3) is 0 Å². The molecule has 0 amide bonds. The second-order valence-electron chi connectivity index (χ2n) is 4.41. The van der Waals surface area contributed by atoms with Crippen LogP contribution in [0.5, 0.6) is 5.75 Å². The quantitative estimate of drug-likeness (QED) is 0.786. The van der Waals surface area contributed by atoms with E-state index in [1.54, 1.807) is 0 Å². The third kappa shape index (κ3) is 2.42. The zero-order valence-electron chi connectivity index (χ0n) is 9.69. The summed E-state index contributed by atoms with van der Waals surface area (Å²) in [7, 11) is 0. The fourth-order valence-corrected chi connectivity index (χ4v) is 1.70. The van der Waals surface area contributed by atoms with E-state index < -0.39 is 0 Å². The molecule has 3 heteroatoms. The Labute approximate surface area is 95.8 Å². The summed E-state index contributed by atoms with van der Waals surface area (Å²) in [6, 6.07) is 7.45. The summed E-state index contributed by atoms with van der Waals surface area (Å²) >= 11 is 0. The second kappa shape index (κ2) is 4.66. The Morgan fingerprint density at radius 1 is 1.44 bits per heavy atom. The second-order valence-corrected chi connectivity index (χ2v) is 4.41. The highest BCUT2D eigenvalue weighted by Gasteiger charge is 2.25. The normalized spacial score (nSPS) is 15.9. The number of hydrogen-bond acceptors (Lipinski definition) is 3. The number of carbonyl (C=O) groups excluding carboxylic acids is 1. The van der Waals surface area contributed by atoms with E-state index in [9.17, 15) is 4.79 Å². The van der Waals surface area contributed by atoms with E-state index in [0.717, 1.165) is 24.4 Å². The number of hydrogen-bond donors (Lipinski definition) is 1. The van der Waals surface area contributed by atoms with Gasteiger partial charge in [-0.1, -0.05) is 12.1 Å². The van der Waals surface area contributed by atoms with Gasteiger partial charge in [0, 0.05) is 24.6 Å². The lowest BCUT2D eigenvalue weighted by Crippen LogP contribution is -2.46. The Morgan fingerprint density at radius 2 is 2.19 bits per heavy atom. The smallest absolute Gasteiger partial charge is 0.168 e. The number of ketones is 1. The third-order valence-corrected chi connectivity index (χ3v) is 2.64. The van der Waals surface area contributed by atoms with Crippen LogP contribution in [-0.4, -0.2) is 25.0 Å². The Bertz CT molecular complexity index is 383. The minimum Gasteiger partial charge on any atom is -0.491 e. The zero-order valence-corrected chi connectivity index (χ0v) is 9.69. The van der Waals surface area contributed by atoms with Crippen LogP contribution >= 0.6 is 0 Å².